The van der Waals surface area contributed by atoms with Crippen molar-refractivity contribution in [3.63, 3.8) is 0 Å². The Morgan fingerprint density at radius 1 is 1.21 bits per heavy atom. The molecule has 1 aromatic rings. The molecule has 1 unspecified atom stereocenters. The van der Waals surface area contributed by atoms with Crippen molar-refractivity contribution in [1.82, 2.24) is 15.5 Å². The molecule has 2 aliphatic carbocycles. The highest BCUT2D eigenvalue weighted by atomic mass is 127. The third kappa shape index (κ3) is 6.12. The molecular weight excluding hydrogens is 467 g/mol. The topological polar surface area (TPSA) is 69.9 Å². The zero-order valence-corrected chi connectivity index (χ0v) is 18.9. The zero-order valence-electron chi connectivity index (χ0n) is 16.6. The number of furan rings is 1. The van der Waals surface area contributed by atoms with Crippen molar-refractivity contribution in [1.29, 1.82) is 0 Å². The van der Waals surface area contributed by atoms with Crippen LogP contribution in [0.5, 0.6) is 0 Å². The van der Waals surface area contributed by atoms with Crippen LogP contribution in [0.3, 0.4) is 0 Å². The summed E-state index contributed by atoms with van der Waals surface area (Å²) in [6.45, 7) is 2.40. The maximum atomic E-state index is 12.2. The van der Waals surface area contributed by atoms with Gasteiger partial charge in [-0.3, -0.25) is 9.79 Å². The van der Waals surface area contributed by atoms with Crippen molar-refractivity contribution in [2.75, 3.05) is 19.6 Å². The van der Waals surface area contributed by atoms with Crippen molar-refractivity contribution >= 4 is 35.8 Å². The second-order valence-corrected chi connectivity index (χ2v) is 8.27. The molecule has 3 aliphatic rings. The molecule has 0 spiro atoms. The van der Waals surface area contributed by atoms with Gasteiger partial charge in [0.1, 0.15) is 5.76 Å². The van der Waals surface area contributed by atoms with Gasteiger partial charge in [-0.05, 0) is 37.8 Å². The lowest BCUT2D eigenvalue weighted by Gasteiger charge is -2.25. The van der Waals surface area contributed by atoms with Gasteiger partial charge in [0.25, 0.3) is 0 Å². The molecule has 1 aromatic heterocycles. The molecule has 1 atom stereocenters. The van der Waals surface area contributed by atoms with E-state index in [2.05, 4.69) is 15.5 Å². The van der Waals surface area contributed by atoms with Gasteiger partial charge in [0.2, 0.25) is 5.91 Å². The Balaban J connectivity index is 0.00000225. The Kier molecular flexibility index (Phi) is 8.05. The molecular formula is C21H33IN4O2. The summed E-state index contributed by atoms with van der Waals surface area (Å²) in [5.74, 6) is 2.56. The van der Waals surface area contributed by atoms with Crippen LogP contribution in [0, 0.1) is 5.92 Å². The van der Waals surface area contributed by atoms with E-state index in [0.717, 1.165) is 37.8 Å². The summed E-state index contributed by atoms with van der Waals surface area (Å²) in [5.41, 5.74) is 0. The van der Waals surface area contributed by atoms with Gasteiger partial charge in [-0.2, -0.15) is 0 Å². The minimum absolute atomic E-state index is 0. The second kappa shape index (κ2) is 10.5. The first-order valence-electron chi connectivity index (χ1n) is 10.6. The minimum Gasteiger partial charge on any atom is -0.469 e. The van der Waals surface area contributed by atoms with E-state index in [1.54, 1.807) is 6.26 Å². The van der Waals surface area contributed by atoms with Crippen molar-refractivity contribution in [2.45, 2.75) is 69.9 Å². The number of carbonyl (C=O) groups excluding carboxylic acids is 1. The number of carbonyl (C=O) groups is 1. The predicted molar refractivity (Wildman–Crippen MR) is 121 cm³/mol. The molecule has 6 nitrogen and oxygen atoms in total. The molecule has 2 N–H and O–H groups in total. The fourth-order valence-corrected chi connectivity index (χ4v) is 4.24. The first-order valence-corrected chi connectivity index (χ1v) is 10.6. The van der Waals surface area contributed by atoms with Crippen molar-refractivity contribution in [3.8, 4) is 0 Å². The third-order valence-corrected chi connectivity index (χ3v) is 5.92. The molecule has 2 heterocycles. The lowest BCUT2D eigenvalue weighted by atomic mass is 9.96. The molecule has 3 fully saturated rings. The predicted octanol–water partition coefficient (Wildman–Crippen LogP) is 3.32. The fourth-order valence-electron chi connectivity index (χ4n) is 4.24. The van der Waals surface area contributed by atoms with E-state index >= 15 is 0 Å². The summed E-state index contributed by atoms with van der Waals surface area (Å²) < 4.78 is 5.42. The first-order chi connectivity index (χ1) is 13.3. The fraction of sp³-hybridized carbons (Fsp3) is 0.714. The van der Waals surface area contributed by atoms with Gasteiger partial charge < -0.3 is 20.0 Å². The van der Waals surface area contributed by atoms with E-state index in [1.165, 1.54) is 44.9 Å². The Morgan fingerprint density at radius 3 is 2.75 bits per heavy atom. The molecule has 156 valence electrons. The lowest BCUT2D eigenvalue weighted by molar-refractivity contribution is -0.128. The van der Waals surface area contributed by atoms with Crippen LogP contribution in [0.15, 0.2) is 27.8 Å². The van der Waals surface area contributed by atoms with E-state index < -0.39 is 0 Å². The van der Waals surface area contributed by atoms with Crippen molar-refractivity contribution < 1.29 is 9.21 Å². The Hall–Kier alpha value is -1.25. The molecule has 7 heteroatoms. The molecule has 4 rings (SSSR count). The zero-order chi connectivity index (χ0) is 18.5. The second-order valence-electron chi connectivity index (χ2n) is 8.27. The Morgan fingerprint density at radius 2 is 2.04 bits per heavy atom. The average Bonchev–Trinajstić information content (AvgIpc) is 3.25. The highest BCUT2D eigenvalue weighted by Gasteiger charge is 2.39. The lowest BCUT2D eigenvalue weighted by Crippen LogP contribution is -2.45. The van der Waals surface area contributed by atoms with Crippen LogP contribution >= 0.6 is 24.0 Å². The van der Waals surface area contributed by atoms with Gasteiger partial charge in [0.05, 0.1) is 6.26 Å². The number of amides is 1. The summed E-state index contributed by atoms with van der Waals surface area (Å²) in [6.07, 6.45) is 12.0. The highest BCUT2D eigenvalue weighted by Crippen LogP contribution is 2.32. The van der Waals surface area contributed by atoms with E-state index in [4.69, 9.17) is 9.41 Å². The Labute approximate surface area is 184 Å². The largest absolute Gasteiger partial charge is 0.469 e. The van der Waals surface area contributed by atoms with Crippen LogP contribution in [-0.2, 0) is 11.2 Å². The smallest absolute Gasteiger partial charge is 0.223 e. The van der Waals surface area contributed by atoms with Gasteiger partial charge in [-0.1, -0.05) is 19.3 Å². The van der Waals surface area contributed by atoms with Crippen molar-refractivity contribution in [2.24, 2.45) is 10.9 Å². The van der Waals surface area contributed by atoms with Crippen LogP contribution < -0.4 is 10.6 Å². The molecule has 1 saturated heterocycles. The summed E-state index contributed by atoms with van der Waals surface area (Å²) in [7, 11) is 0. The summed E-state index contributed by atoms with van der Waals surface area (Å²) in [6, 6.07) is 4.97. The number of hydrogen-bond acceptors (Lipinski definition) is 3. The van der Waals surface area contributed by atoms with Gasteiger partial charge in [0, 0.05) is 50.5 Å². The maximum absolute atomic E-state index is 12.2. The SMILES string of the molecule is I.O=C1CC(CN=C(NCCc2ccco2)NC2CCCCC2)CN1C1CC1. The number of guanidine groups is 1. The van der Waals surface area contributed by atoms with Crippen LogP contribution in [-0.4, -0.2) is 48.5 Å². The summed E-state index contributed by atoms with van der Waals surface area (Å²) in [5, 5.41) is 7.09. The Bertz CT molecular complexity index is 639. The van der Waals surface area contributed by atoms with E-state index in [9.17, 15) is 4.79 Å². The highest BCUT2D eigenvalue weighted by molar-refractivity contribution is 14.0. The van der Waals surface area contributed by atoms with Gasteiger partial charge in [0.15, 0.2) is 5.96 Å². The number of aliphatic imine (C=N–C) groups is 1. The van der Waals surface area contributed by atoms with Crippen molar-refractivity contribution in [3.05, 3.63) is 24.2 Å². The summed E-state index contributed by atoms with van der Waals surface area (Å²) in [4.78, 5) is 19.1. The molecule has 1 amide bonds. The van der Waals surface area contributed by atoms with Gasteiger partial charge in [-0.25, -0.2) is 0 Å². The number of hydrogen-bond donors (Lipinski definition) is 2. The van der Waals surface area contributed by atoms with Crippen LogP contribution in [0.2, 0.25) is 0 Å². The van der Waals surface area contributed by atoms with Gasteiger partial charge in [-0.15, -0.1) is 24.0 Å². The minimum atomic E-state index is 0. The van der Waals surface area contributed by atoms with E-state index in [0.29, 0.717) is 30.3 Å². The molecule has 0 aromatic carbocycles. The van der Waals surface area contributed by atoms with Crippen LogP contribution in [0.25, 0.3) is 0 Å². The summed E-state index contributed by atoms with van der Waals surface area (Å²) >= 11 is 0. The number of nitrogens with zero attached hydrogens (tertiary/aromatic N) is 2. The molecule has 2 saturated carbocycles. The first kappa shape index (κ1) is 21.5. The standard InChI is InChI=1S/C21H32N4O2.HI/c26-20-13-16(15-25(20)18-8-9-18)14-23-21(24-17-5-2-1-3-6-17)22-11-10-19-7-4-12-27-19;/h4,7,12,16-18H,1-3,5-6,8-11,13-15H2,(H2,22,23,24);1H. The van der Waals surface area contributed by atoms with E-state index in [-0.39, 0.29) is 24.0 Å². The number of rotatable bonds is 7. The number of likely N-dealkylation sites (tertiary alicyclic amines) is 1. The van der Waals surface area contributed by atoms with Crippen LogP contribution in [0.4, 0.5) is 0 Å². The maximum Gasteiger partial charge on any atom is 0.223 e. The van der Waals surface area contributed by atoms with Gasteiger partial charge >= 0.3 is 0 Å². The molecule has 0 bridgehead atoms. The quantitative estimate of drug-likeness (QED) is 0.343. The van der Waals surface area contributed by atoms with E-state index in [1.807, 2.05) is 12.1 Å². The molecule has 0 radical (unpaired) electrons. The monoisotopic (exact) mass is 500 g/mol. The average molecular weight is 500 g/mol. The number of nitrogens with one attached hydrogen (secondary N) is 2. The van der Waals surface area contributed by atoms with Crippen LogP contribution in [0.1, 0.15) is 57.1 Å². The third-order valence-electron chi connectivity index (χ3n) is 5.92. The normalized spacial score (nSPS) is 23.6. The molecule has 28 heavy (non-hydrogen) atoms. The molecule has 1 aliphatic heterocycles. The number of halogens is 1.